The highest BCUT2D eigenvalue weighted by Crippen LogP contribution is 2.09. The van der Waals surface area contributed by atoms with Gasteiger partial charge in [0.1, 0.15) is 11.6 Å². The van der Waals surface area contributed by atoms with Crippen LogP contribution in [0.4, 0.5) is 4.79 Å². The summed E-state index contributed by atoms with van der Waals surface area (Å²) in [5.74, 6) is -0.0547. The van der Waals surface area contributed by atoms with E-state index in [-0.39, 0.29) is 12.4 Å². The summed E-state index contributed by atoms with van der Waals surface area (Å²) in [7, 11) is 0. The van der Waals surface area contributed by atoms with Gasteiger partial charge < -0.3 is 20.3 Å². The minimum absolute atomic E-state index is 0.138. The lowest BCUT2D eigenvalue weighted by Crippen LogP contribution is -2.45. The van der Waals surface area contributed by atoms with Gasteiger partial charge in [0.05, 0.1) is 0 Å². The van der Waals surface area contributed by atoms with Gasteiger partial charge in [0.15, 0.2) is 0 Å². The molecule has 0 radical (unpaired) electrons. The third-order valence-electron chi connectivity index (χ3n) is 1.97. The lowest BCUT2D eigenvalue weighted by molar-refractivity contribution is -0.138. The van der Waals surface area contributed by atoms with Crippen LogP contribution in [0.3, 0.4) is 0 Å². The second-order valence-corrected chi connectivity index (χ2v) is 6.19. The smallest absolute Gasteiger partial charge is 0.408 e. The van der Waals surface area contributed by atoms with Crippen molar-refractivity contribution in [2.45, 2.75) is 45.3 Å². The van der Waals surface area contributed by atoms with E-state index < -0.39 is 23.7 Å². The van der Waals surface area contributed by atoms with E-state index in [1.165, 1.54) is 11.8 Å². The molecule has 1 amide bonds. The van der Waals surface area contributed by atoms with Crippen LogP contribution in [-0.4, -0.2) is 52.0 Å². The van der Waals surface area contributed by atoms with Crippen molar-refractivity contribution in [2.24, 2.45) is 0 Å². The standard InChI is InChI=1S/C12H23NO5S/c1-12(2,3)18-11(17)13-9(10(15)16)8-19-7-5-4-6-14/h9,14H,4-8H2,1-3H3,(H,13,17)(H,15,16). The van der Waals surface area contributed by atoms with Crippen LogP contribution >= 0.6 is 11.8 Å². The maximum Gasteiger partial charge on any atom is 0.408 e. The number of hydrogen-bond donors (Lipinski definition) is 3. The minimum atomic E-state index is -1.08. The molecule has 1 unspecified atom stereocenters. The fourth-order valence-electron chi connectivity index (χ4n) is 1.14. The van der Waals surface area contributed by atoms with E-state index in [9.17, 15) is 9.59 Å². The van der Waals surface area contributed by atoms with Crippen LogP contribution in [0, 0.1) is 0 Å². The Morgan fingerprint density at radius 1 is 1.32 bits per heavy atom. The summed E-state index contributed by atoms with van der Waals surface area (Å²) >= 11 is 1.43. The molecule has 1 atom stereocenters. The molecule has 0 aromatic carbocycles. The molecule has 19 heavy (non-hydrogen) atoms. The molecular formula is C12H23NO5S. The molecule has 112 valence electrons. The first kappa shape index (κ1) is 18.0. The average Bonchev–Trinajstić information content (AvgIpc) is 2.24. The molecule has 0 aliphatic carbocycles. The molecule has 0 aliphatic rings. The molecule has 0 aromatic rings. The van der Waals surface area contributed by atoms with Gasteiger partial charge in [-0.15, -0.1) is 0 Å². The zero-order valence-electron chi connectivity index (χ0n) is 11.6. The average molecular weight is 293 g/mol. The van der Waals surface area contributed by atoms with Crippen molar-refractivity contribution in [3.63, 3.8) is 0 Å². The second-order valence-electron chi connectivity index (χ2n) is 5.04. The second kappa shape index (κ2) is 9.03. The van der Waals surface area contributed by atoms with Crippen LogP contribution in [0.2, 0.25) is 0 Å². The van der Waals surface area contributed by atoms with Crippen molar-refractivity contribution in [1.29, 1.82) is 0 Å². The third-order valence-corrected chi connectivity index (χ3v) is 3.12. The number of carbonyl (C=O) groups excluding carboxylic acids is 1. The van der Waals surface area contributed by atoms with E-state index in [2.05, 4.69) is 5.32 Å². The fourth-order valence-corrected chi connectivity index (χ4v) is 2.18. The van der Waals surface area contributed by atoms with Gasteiger partial charge in [-0.2, -0.15) is 11.8 Å². The molecule has 7 heteroatoms. The van der Waals surface area contributed by atoms with Gasteiger partial charge in [0.2, 0.25) is 0 Å². The highest BCUT2D eigenvalue weighted by atomic mass is 32.2. The van der Waals surface area contributed by atoms with Gasteiger partial charge in [-0.1, -0.05) is 0 Å². The number of aliphatic hydroxyl groups excluding tert-OH is 1. The van der Waals surface area contributed by atoms with Crippen molar-refractivity contribution in [3.8, 4) is 0 Å². The number of carboxylic acid groups (broad SMARTS) is 1. The summed E-state index contributed by atoms with van der Waals surface area (Å²) in [6.07, 6.45) is 0.792. The van der Waals surface area contributed by atoms with Crippen molar-refractivity contribution >= 4 is 23.8 Å². The first-order valence-electron chi connectivity index (χ1n) is 6.17. The normalized spacial score (nSPS) is 12.8. The van der Waals surface area contributed by atoms with E-state index >= 15 is 0 Å². The number of nitrogens with one attached hydrogen (secondary N) is 1. The number of aliphatic hydroxyl groups is 1. The zero-order valence-corrected chi connectivity index (χ0v) is 12.5. The molecule has 6 nitrogen and oxygen atoms in total. The van der Waals surface area contributed by atoms with Gasteiger partial charge >= 0.3 is 12.1 Å². The predicted octanol–water partition coefficient (Wildman–Crippen LogP) is 1.47. The summed E-state index contributed by atoms with van der Waals surface area (Å²) in [5.41, 5.74) is -0.651. The number of alkyl carbamates (subject to hydrolysis) is 1. The summed E-state index contributed by atoms with van der Waals surface area (Å²) in [6.45, 7) is 5.28. The lowest BCUT2D eigenvalue weighted by atomic mass is 10.2. The predicted molar refractivity (Wildman–Crippen MR) is 74.4 cm³/mol. The van der Waals surface area contributed by atoms with E-state index in [0.717, 1.165) is 12.2 Å². The van der Waals surface area contributed by atoms with Crippen LogP contribution in [-0.2, 0) is 9.53 Å². The maximum absolute atomic E-state index is 11.5. The van der Waals surface area contributed by atoms with E-state index in [4.69, 9.17) is 14.9 Å². The summed E-state index contributed by atoms with van der Waals surface area (Å²) in [4.78, 5) is 22.5. The number of amides is 1. The first-order chi connectivity index (χ1) is 8.76. The number of carbonyl (C=O) groups is 2. The molecule has 0 aromatic heterocycles. The van der Waals surface area contributed by atoms with Crippen molar-refractivity contribution < 1.29 is 24.5 Å². The number of thioether (sulfide) groups is 1. The Kier molecular flexibility index (Phi) is 8.58. The van der Waals surface area contributed by atoms with Crippen LogP contribution in [0.15, 0.2) is 0 Å². The highest BCUT2D eigenvalue weighted by molar-refractivity contribution is 7.99. The molecule has 0 saturated heterocycles. The monoisotopic (exact) mass is 293 g/mol. The van der Waals surface area contributed by atoms with Gasteiger partial charge in [-0.25, -0.2) is 9.59 Å². The number of carboxylic acids is 1. The molecule has 0 heterocycles. The van der Waals surface area contributed by atoms with Crippen molar-refractivity contribution in [3.05, 3.63) is 0 Å². The molecule has 3 N–H and O–H groups in total. The molecule has 0 rings (SSSR count). The Hall–Kier alpha value is -0.950. The fraction of sp³-hybridized carbons (Fsp3) is 0.833. The van der Waals surface area contributed by atoms with Crippen LogP contribution in [0.1, 0.15) is 33.6 Å². The largest absolute Gasteiger partial charge is 0.480 e. The van der Waals surface area contributed by atoms with Gasteiger partial charge in [-0.05, 0) is 39.4 Å². The summed E-state index contributed by atoms with van der Waals surface area (Å²) < 4.78 is 5.01. The first-order valence-corrected chi connectivity index (χ1v) is 7.32. The highest BCUT2D eigenvalue weighted by Gasteiger charge is 2.23. The lowest BCUT2D eigenvalue weighted by Gasteiger charge is -2.21. The van der Waals surface area contributed by atoms with E-state index in [1.54, 1.807) is 20.8 Å². The van der Waals surface area contributed by atoms with Crippen molar-refractivity contribution in [2.75, 3.05) is 18.1 Å². The van der Waals surface area contributed by atoms with Gasteiger partial charge in [0.25, 0.3) is 0 Å². The number of rotatable bonds is 8. The van der Waals surface area contributed by atoms with Crippen LogP contribution in [0.25, 0.3) is 0 Å². The number of unbranched alkanes of at least 4 members (excludes halogenated alkanes) is 1. The van der Waals surface area contributed by atoms with E-state index in [0.29, 0.717) is 6.42 Å². The van der Waals surface area contributed by atoms with Crippen LogP contribution < -0.4 is 5.32 Å². The Labute approximate surface area is 117 Å². The quantitative estimate of drug-likeness (QED) is 0.587. The van der Waals surface area contributed by atoms with Crippen LogP contribution in [0.5, 0.6) is 0 Å². The summed E-state index contributed by atoms with van der Waals surface area (Å²) in [5, 5.41) is 19.9. The SMILES string of the molecule is CC(C)(C)OC(=O)NC(CSCCCCO)C(=O)O. The van der Waals surface area contributed by atoms with Gasteiger partial charge in [0, 0.05) is 12.4 Å². The molecule has 0 saturated carbocycles. The zero-order chi connectivity index (χ0) is 14.9. The Morgan fingerprint density at radius 3 is 2.42 bits per heavy atom. The molecule has 0 bridgehead atoms. The third kappa shape index (κ3) is 10.6. The number of hydrogen-bond acceptors (Lipinski definition) is 5. The van der Waals surface area contributed by atoms with Gasteiger partial charge in [-0.3, -0.25) is 0 Å². The Bertz CT molecular complexity index is 290. The number of ether oxygens (including phenoxy) is 1. The molecule has 0 fully saturated rings. The minimum Gasteiger partial charge on any atom is -0.480 e. The van der Waals surface area contributed by atoms with E-state index in [1.807, 2.05) is 0 Å². The Balaban J connectivity index is 4.05. The summed E-state index contributed by atoms with van der Waals surface area (Å²) in [6, 6.07) is -0.964. The maximum atomic E-state index is 11.5. The Morgan fingerprint density at radius 2 is 1.95 bits per heavy atom. The molecular weight excluding hydrogens is 270 g/mol. The molecule has 0 spiro atoms. The van der Waals surface area contributed by atoms with Crippen molar-refractivity contribution in [1.82, 2.24) is 5.32 Å². The number of aliphatic carboxylic acids is 1. The molecule has 0 aliphatic heterocycles. The topological polar surface area (TPSA) is 95.9 Å².